The second-order valence-corrected chi connectivity index (χ2v) is 10.5. The van der Waals surface area contributed by atoms with Gasteiger partial charge < -0.3 is 9.32 Å². The van der Waals surface area contributed by atoms with Gasteiger partial charge in [-0.25, -0.2) is 4.98 Å². The lowest BCUT2D eigenvalue weighted by atomic mass is 9.69. The van der Waals surface area contributed by atoms with Crippen LogP contribution in [0, 0.1) is 23.7 Å². The maximum Gasteiger partial charge on any atom is 0.247 e. The number of hydrogen-bond acceptors (Lipinski definition) is 6. The van der Waals surface area contributed by atoms with Crippen molar-refractivity contribution in [3.8, 4) is 11.5 Å². The summed E-state index contributed by atoms with van der Waals surface area (Å²) >= 11 is 0. The summed E-state index contributed by atoms with van der Waals surface area (Å²) in [6, 6.07) is 16.2. The quantitative estimate of drug-likeness (QED) is 0.433. The summed E-state index contributed by atoms with van der Waals surface area (Å²) < 4.78 is 6.04. The van der Waals surface area contributed by atoms with Crippen LogP contribution in [0.15, 0.2) is 70.8 Å². The van der Waals surface area contributed by atoms with Gasteiger partial charge in [0.05, 0.1) is 0 Å². The summed E-state index contributed by atoms with van der Waals surface area (Å²) in [5.74, 6) is 4.81. The molecule has 0 N–H and O–H groups in total. The van der Waals surface area contributed by atoms with Crippen molar-refractivity contribution in [2.24, 2.45) is 23.7 Å². The van der Waals surface area contributed by atoms with Crippen LogP contribution in [0.1, 0.15) is 33.1 Å². The van der Waals surface area contributed by atoms with Gasteiger partial charge in [-0.1, -0.05) is 49.8 Å². The Morgan fingerprint density at radius 1 is 0.971 bits per heavy atom. The second-order valence-electron chi connectivity index (χ2n) is 10.5. The Hall–Kier alpha value is -2.99. The number of benzene rings is 1. The Bertz CT molecular complexity index is 1100. The predicted octanol–water partition coefficient (Wildman–Crippen LogP) is 5.35. The Labute approximate surface area is 209 Å². The molecular weight excluding hydrogens is 434 g/mol. The third-order valence-corrected chi connectivity index (χ3v) is 7.81. The molecule has 1 aromatic carbocycles. The fourth-order valence-electron chi connectivity index (χ4n) is 5.73. The first-order chi connectivity index (χ1) is 17.1. The van der Waals surface area contributed by atoms with Gasteiger partial charge in [-0.15, -0.1) is 10.2 Å². The first-order valence-corrected chi connectivity index (χ1v) is 13.0. The van der Waals surface area contributed by atoms with E-state index in [1.165, 1.54) is 12.0 Å². The lowest BCUT2D eigenvalue weighted by Gasteiger charge is -2.41. The third kappa shape index (κ3) is 5.64. The highest BCUT2D eigenvalue weighted by Crippen LogP contribution is 2.39. The van der Waals surface area contributed by atoms with Crippen LogP contribution in [-0.4, -0.2) is 52.8 Å². The molecule has 184 valence electrons. The summed E-state index contributed by atoms with van der Waals surface area (Å²) in [7, 11) is 0. The smallest absolute Gasteiger partial charge is 0.247 e. The van der Waals surface area contributed by atoms with Gasteiger partial charge in [0.2, 0.25) is 11.8 Å². The van der Waals surface area contributed by atoms with E-state index in [1.807, 2.05) is 42.6 Å². The molecule has 3 atom stereocenters. The molecule has 0 spiro atoms. The summed E-state index contributed by atoms with van der Waals surface area (Å²) in [5.41, 5.74) is 2.45. The summed E-state index contributed by atoms with van der Waals surface area (Å²) in [4.78, 5) is 9.58. The minimum Gasteiger partial charge on any atom is -0.421 e. The normalized spacial score (nSPS) is 23.5. The van der Waals surface area contributed by atoms with Gasteiger partial charge in [0.25, 0.3) is 0 Å². The number of hydrogen-bond donors (Lipinski definition) is 0. The molecule has 0 unspecified atom stereocenters. The van der Waals surface area contributed by atoms with E-state index in [0.29, 0.717) is 29.6 Å². The van der Waals surface area contributed by atoms with Gasteiger partial charge in [-0.3, -0.25) is 4.90 Å². The van der Waals surface area contributed by atoms with Crippen molar-refractivity contribution in [3.63, 3.8) is 0 Å². The van der Waals surface area contributed by atoms with Gasteiger partial charge in [0.15, 0.2) is 0 Å². The van der Waals surface area contributed by atoms with Crippen molar-refractivity contribution < 1.29 is 4.42 Å². The summed E-state index contributed by atoms with van der Waals surface area (Å²) in [6.45, 7) is 12.5. The third-order valence-electron chi connectivity index (χ3n) is 7.81. The van der Waals surface area contributed by atoms with Crippen LogP contribution in [-0.2, 0) is 6.42 Å². The molecule has 1 saturated heterocycles. The van der Waals surface area contributed by atoms with E-state index in [1.54, 1.807) is 0 Å². The lowest BCUT2D eigenvalue weighted by molar-refractivity contribution is 0.155. The average Bonchev–Trinajstić information content (AvgIpc) is 3.35. The maximum atomic E-state index is 6.04. The molecule has 2 aliphatic rings. The number of piperazine rings is 1. The number of anilines is 1. The molecule has 0 saturated carbocycles. The van der Waals surface area contributed by atoms with Crippen LogP contribution in [0.25, 0.3) is 11.5 Å². The number of nitrogens with zero attached hydrogens (tertiary/aromatic N) is 5. The minimum atomic E-state index is 0.462. The van der Waals surface area contributed by atoms with E-state index in [9.17, 15) is 0 Å². The molecule has 3 heterocycles. The van der Waals surface area contributed by atoms with Crippen molar-refractivity contribution in [1.82, 2.24) is 20.1 Å². The molecule has 6 heteroatoms. The van der Waals surface area contributed by atoms with Gasteiger partial charge in [-0.2, -0.15) is 0 Å². The van der Waals surface area contributed by atoms with E-state index in [-0.39, 0.29) is 0 Å². The zero-order chi connectivity index (χ0) is 24.2. The first kappa shape index (κ1) is 23.7. The Balaban J connectivity index is 1.22. The topological polar surface area (TPSA) is 58.3 Å². The molecular formula is C29H37N5O. The molecule has 0 bridgehead atoms. The summed E-state index contributed by atoms with van der Waals surface area (Å²) in [6.07, 6.45) is 6.44. The van der Waals surface area contributed by atoms with E-state index in [4.69, 9.17) is 4.42 Å². The zero-order valence-electron chi connectivity index (χ0n) is 21.2. The van der Waals surface area contributed by atoms with E-state index in [2.05, 4.69) is 64.0 Å². The fraction of sp³-hybridized carbons (Fsp3) is 0.483. The van der Waals surface area contributed by atoms with Crippen LogP contribution >= 0.6 is 0 Å². The number of rotatable bonds is 7. The van der Waals surface area contributed by atoms with Gasteiger partial charge in [0, 0.05) is 50.9 Å². The highest BCUT2D eigenvalue weighted by Gasteiger charge is 2.34. The van der Waals surface area contributed by atoms with Crippen molar-refractivity contribution in [2.45, 2.75) is 33.6 Å². The Morgan fingerprint density at radius 2 is 1.74 bits per heavy atom. The van der Waals surface area contributed by atoms with E-state index < -0.39 is 0 Å². The molecule has 0 amide bonds. The maximum absolute atomic E-state index is 6.04. The SMILES string of the molecule is CC1=C[C@@H](CN2CCN(c3ccccn3)CC2)[C@H](C(C)C)C[C@H]1Cc1nnc(-c2ccccc2)o1. The predicted molar refractivity (Wildman–Crippen MR) is 140 cm³/mol. The highest BCUT2D eigenvalue weighted by molar-refractivity contribution is 5.51. The van der Waals surface area contributed by atoms with Crippen molar-refractivity contribution in [2.75, 3.05) is 37.6 Å². The van der Waals surface area contributed by atoms with Gasteiger partial charge in [0.1, 0.15) is 5.82 Å². The average molecular weight is 472 g/mol. The molecule has 35 heavy (non-hydrogen) atoms. The molecule has 3 aromatic rings. The van der Waals surface area contributed by atoms with Crippen LogP contribution in [0.2, 0.25) is 0 Å². The second kappa shape index (κ2) is 10.7. The molecule has 5 rings (SSSR count). The van der Waals surface area contributed by atoms with E-state index in [0.717, 1.165) is 56.4 Å². The van der Waals surface area contributed by atoms with Crippen molar-refractivity contribution in [3.05, 3.63) is 72.3 Å². The van der Waals surface area contributed by atoms with Crippen molar-refractivity contribution in [1.29, 1.82) is 0 Å². The first-order valence-electron chi connectivity index (χ1n) is 13.0. The van der Waals surface area contributed by atoms with E-state index >= 15 is 0 Å². The van der Waals surface area contributed by atoms with Crippen LogP contribution in [0.4, 0.5) is 5.82 Å². The monoisotopic (exact) mass is 471 g/mol. The standard InChI is InChI=1S/C29H37N5O/c1-21(2)26-18-24(19-28-31-32-29(35-28)23-9-5-4-6-10-23)22(3)17-25(26)20-33-13-15-34(16-14-33)27-11-7-8-12-30-27/h4-12,17,21,24-26H,13-16,18-20H2,1-3H3/t24-,25-,26-/m0/s1. The molecule has 0 radical (unpaired) electrons. The van der Waals surface area contributed by atoms with Crippen LogP contribution in [0.5, 0.6) is 0 Å². The molecule has 1 aliphatic carbocycles. The largest absolute Gasteiger partial charge is 0.421 e. The molecule has 2 aromatic heterocycles. The summed E-state index contributed by atoms with van der Waals surface area (Å²) in [5, 5.41) is 8.67. The Kier molecular flexibility index (Phi) is 7.28. The number of allylic oxidation sites excluding steroid dienone is 1. The minimum absolute atomic E-state index is 0.462. The van der Waals surface area contributed by atoms with Crippen molar-refractivity contribution >= 4 is 5.82 Å². The van der Waals surface area contributed by atoms with Gasteiger partial charge >= 0.3 is 0 Å². The molecule has 6 nitrogen and oxygen atoms in total. The zero-order valence-corrected chi connectivity index (χ0v) is 21.2. The fourth-order valence-corrected chi connectivity index (χ4v) is 5.73. The highest BCUT2D eigenvalue weighted by atomic mass is 16.4. The number of pyridine rings is 1. The van der Waals surface area contributed by atoms with Crippen LogP contribution < -0.4 is 4.90 Å². The molecule has 1 fully saturated rings. The lowest BCUT2D eigenvalue weighted by Crippen LogP contribution is -2.49. The number of aromatic nitrogens is 3. The van der Waals surface area contributed by atoms with Gasteiger partial charge in [-0.05, 0) is 61.3 Å². The Morgan fingerprint density at radius 3 is 2.46 bits per heavy atom. The molecule has 1 aliphatic heterocycles. The van der Waals surface area contributed by atoms with Crippen LogP contribution in [0.3, 0.4) is 0 Å².